The van der Waals surface area contributed by atoms with Crippen molar-refractivity contribution in [3.63, 3.8) is 0 Å². The van der Waals surface area contributed by atoms with Crippen molar-refractivity contribution in [1.29, 1.82) is 0 Å². The lowest BCUT2D eigenvalue weighted by Gasteiger charge is -2.17. The van der Waals surface area contributed by atoms with Gasteiger partial charge in [-0.1, -0.05) is 0 Å². The number of halogens is 5. The second-order valence-corrected chi connectivity index (χ2v) is 7.08. The third kappa shape index (κ3) is 3.33. The van der Waals surface area contributed by atoms with Crippen molar-refractivity contribution in [3.8, 4) is 34.0 Å². The van der Waals surface area contributed by atoms with E-state index < -0.39 is 24.5 Å². The number of aromatic amines is 1. The summed E-state index contributed by atoms with van der Waals surface area (Å²) in [5, 5.41) is 4.40. The third-order valence-electron chi connectivity index (χ3n) is 5.14. The molecule has 0 bridgehead atoms. The summed E-state index contributed by atoms with van der Waals surface area (Å²) < 4.78 is 79.8. The molecular formula is C21H15F5N4O2. The number of hydrogen-bond donors (Lipinski definition) is 1. The van der Waals surface area contributed by atoms with Crippen LogP contribution in [0.25, 0.3) is 33.4 Å². The number of benzene rings is 1. The van der Waals surface area contributed by atoms with Crippen LogP contribution in [0.15, 0.2) is 36.5 Å². The number of pyridine rings is 1. The molecule has 4 aromatic rings. The number of rotatable bonds is 5. The van der Waals surface area contributed by atoms with Crippen LogP contribution in [0.3, 0.4) is 0 Å². The molecule has 1 aliphatic heterocycles. The molecule has 0 saturated heterocycles. The number of hydrogen-bond acceptors (Lipinski definition) is 4. The van der Waals surface area contributed by atoms with Crippen LogP contribution >= 0.6 is 0 Å². The maximum atomic E-state index is 14.2. The number of aromatic nitrogens is 4. The molecule has 0 unspecified atom stereocenters. The highest BCUT2D eigenvalue weighted by molar-refractivity contribution is 6.04. The van der Waals surface area contributed by atoms with Crippen LogP contribution in [0.5, 0.6) is 11.6 Å². The molecule has 1 aliphatic rings. The van der Waals surface area contributed by atoms with E-state index in [0.29, 0.717) is 30.6 Å². The normalized spacial score (nSPS) is 13.6. The highest BCUT2D eigenvalue weighted by atomic mass is 19.3. The van der Waals surface area contributed by atoms with Gasteiger partial charge in [0.1, 0.15) is 22.9 Å². The zero-order chi connectivity index (χ0) is 22.4. The summed E-state index contributed by atoms with van der Waals surface area (Å²) in [6.45, 7) is -2.49. The second kappa shape index (κ2) is 7.81. The number of fused-ring (bicyclic) bond motifs is 2. The summed E-state index contributed by atoms with van der Waals surface area (Å²) in [5.41, 5.74) is -0.0457. The highest BCUT2D eigenvalue weighted by Gasteiger charge is 2.32. The van der Waals surface area contributed by atoms with Gasteiger partial charge in [0.15, 0.2) is 0 Å². The molecule has 1 aromatic carbocycles. The molecule has 1 N–H and O–H groups in total. The first kappa shape index (κ1) is 20.3. The molecule has 11 heteroatoms. The summed E-state index contributed by atoms with van der Waals surface area (Å²) in [5.74, 6) is -0.909. The highest BCUT2D eigenvalue weighted by Crippen LogP contribution is 2.47. The zero-order valence-corrected chi connectivity index (χ0v) is 16.3. The van der Waals surface area contributed by atoms with Gasteiger partial charge >= 0.3 is 6.61 Å². The van der Waals surface area contributed by atoms with Gasteiger partial charge in [0.05, 0.1) is 17.9 Å². The Labute approximate surface area is 177 Å². The number of ether oxygens (including phenoxy) is 2. The Morgan fingerprint density at radius 3 is 2.75 bits per heavy atom. The summed E-state index contributed by atoms with van der Waals surface area (Å²) in [7, 11) is 0. The van der Waals surface area contributed by atoms with E-state index in [-0.39, 0.29) is 34.0 Å². The number of nitrogens with one attached hydrogen (secondary N) is 1. The fraction of sp³-hybridized carbons (Fsp3) is 0.238. The second-order valence-electron chi connectivity index (χ2n) is 7.08. The van der Waals surface area contributed by atoms with Gasteiger partial charge in [0.2, 0.25) is 5.88 Å². The lowest BCUT2D eigenvalue weighted by molar-refractivity contribution is -0.0494. The van der Waals surface area contributed by atoms with E-state index in [1.54, 1.807) is 12.1 Å². The maximum Gasteiger partial charge on any atom is 0.387 e. The van der Waals surface area contributed by atoms with Gasteiger partial charge in [-0.2, -0.15) is 13.9 Å². The SMILES string of the molecule is Fc1ccc(OC(F)F)c(-c2c(-c3c(C(F)F)nn4c3OCCC4)[nH]c3ncccc23)c1. The average molecular weight is 450 g/mol. The van der Waals surface area contributed by atoms with Gasteiger partial charge < -0.3 is 14.5 Å². The minimum Gasteiger partial charge on any atom is -0.477 e. The Morgan fingerprint density at radius 2 is 1.97 bits per heavy atom. The molecule has 32 heavy (non-hydrogen) atoms. The van der Waals surface area contributed by atoms with E-state index in [1.165, 1.54) is 10.9 Å². The van der Waals surface area contributed by atoms with Gasteiger partial charge in [0.25, 0.3) is 6.43 Å². The number of H-pyrrole nitrogens is 1. The maximum absolute atomic E-state index is 14.2. The Hall–Kier alpha value is -3.63. The Balaban J connectivity index is 1.85. The quantitative estimate of drug-likeness (QED) is 0.405. The van der Waals surface area contributed by atoms with Crippen molar-refractivity contribution in [2.45, 2.75) is 26.0 Å². The fourth-order valence-corrected chi connectivity index (χ4v) is 3.92. The number of aryl methyl sites for hydroxylation is 1. The van der Waals surface area contributed by atoms with E-state index in [2.05, 4.69) is 19.8 Å². The van der Waals surface area contributed by atoms with Crippen molar-refractivity contribution < 1.29 is 31.4 Å². The van der Waals surface area contributed by atoms with Gasteiger partial charge in [0, 0.05) is 35.7 Å². The molecule has 4 heterocycles. The molecule has 166 valence electrons. The topological polar surface area (TPSA) is 65.0 Å². The van der Waals surface area contributed by atoms with E-state index in [4.69, 9.17) is 4.74 Å². The lowest BCUT2D eigenvalue weighted by Crippen LogP contribution is -2.15. The van der Waals surface area contributed by atoms with Gasteiger partial charge in [-0.25, -0.2) is 22.8 Å². The minimum absolute atomic E-state index is 0.0278. The van der Waals surface area contributed by atoms with Crippen molar-refractivity contribution >= 4 is 11.0 Å². The molecule has 6 nitrogen and oxygen atoms in total. The zero-order valence-electron chi connectivity index (χ0n) is 16.3. The van der Waals surface area contributed by atoms with E-state index in [9.17, 15) is 22.0 Å². The Kier molecular flexibility index (Phi) is 4.95. The molecular weight excluding hydrogens is 435 g/mol. The van der Waals surface area contributed by atoms with Crippen molar-refractivity contribution in [1.82, 2.24) is 19.7 Å². The molecule has 0 radical (unpaired) electrons. The van der Waals surface area contributed by atoms with Crippen molar-refractivity contribution in [2.24, 2.45) is 0 Å². The first-order valence-electron chi connectivity index (χ1n) is 9.67. The predicted octanol–water partition coefficient (Wildman–Crippen LogP) is 5.55. The molecule has 0 saturated carbocycles. The monoisotopic (exact) mass is 450 g/mol. The largest absolute Gasteiger partial charge is 0.477 e. The van der Waals surface area contributed by atoms with Crippen molar-refractivity contribution in [2.75, 3.05) is 6.61 Å². The fourth-order valence-electron chi connectivity index (χ4n) is 3.92. The lowest BCUT2D eigenvalue weighted by atomic mass is 9.97. The summed E-state index contributed by atoms with van der Waals surface area (Å²) in [4.78, 5) is 7.17. The van der Waals surface area contributed by atoms with E-state index in [1.807, 2.05) is 0 Å². The van der Waals surface area contributed by atoms with Crippen LogP contribution < -0.4 is 9.47 Å². The number of nitrogens with zero attached hydrogens (tertiary/aromatic N) is 3. The van der Waals surface area contributed by atoms with Crippen LogP contribution in [0, 0.1) is 5.82 Å². The minimum atomic E-state index is -3.17. The summed E-state index contributed by atoms with van der Waals surface area (Å²) in [6, 6.07) is 6.26. The van der Waals surface area contributed by atoms with Crippen LogP contribution in [-0.2, 0) is 6.54 Å². The third-order valence-corrected chi connectivity index (χ3v) is 5.14. The van der Waals surface area contributed by atoms with Gasteiger partial charge in [-0.3, -0.25) is 0 Å². The first-order chi connectivity index (χ1) is 15.4. The Morgan fingerprint density at radius 1 is 1.12 bits per heavy atom. The van der Waals surface area contributed by atoms with Crippen molar-refractivity contribution in [3.05, 3.63) is 48.0 Å². The van der Waals surface area contributed by atoms with Crippen LogP contribution in [-0.4, -0.2) is 33.0 Å². The van der Waals surface area contributed by atoms with E-state index in [0.717, 1.165) is 18.2 Å². The summed E-state index contributed by atoms with van der Waals surface area (Å²) in [6.07, 6.45) is -0.871. The first-order valence-corrected chi connectivity index (χ1v) is 9.67. The van der Waals surface area contributed by atoms with Gasteiger partial charge in [-0.15, -0.1) is 0 Å². The molecule has 0 amide bonds. The molecule has 0 atom stereocenters. The summed E-state index contributed by atoms with van der Waals surface area (Å²) >= 11 is 0. The average Bonchev–Trinajstić information content (AvgIpc) is 3.33. The molecule has 5 rings (SSSR count). The molecule has 0 aliphatic carbocycles. The standard InChI is InChI=1S/C21H15F5N4O2/c22-10-4-5-13(32-21(25)26)12(9-10)14-11-3-1-6-27-19(11)28-16(14)15-17(18(23)24)29-30-7-2-8-31-20(15)30/h1,3-6,9,18,21H,2,7-8H2,(H,27,28). The van der Waals surface area contributed by atoms with Crippen LogP contribution in [0.4, 0.5) is 22.0 Å². The molecule has 0 fully saturated rings. The van der Waals surface area contributed by atoms with Crippen LogP contribution in [0.2, 0.25) is 0 Å². The van der Waals surface area contributed by atoms with Crippen LogP contribution in [0.1, 0.15) is 18.5 Å². The molecule has 3 aromatic heterocycles. The van der Waals surface area contributed by atoms with E-state index >= 15 is 0 Å². The molecule has 0 spiro atoms. The smallest absolute Gasteiger partial charge is 0.387 e. The Bertz CT molecular complexity index is 1300. The predicted molar refractivity (Wildman–Crippen MR) is 104 cm³/mol. The van der Waals surface area contributed by atoms with Gasteiger partial charge in [-0.05, 0) is 30.3 Å². The number of alkyl halides is 4.